The molecule has 112 valence electrons. The number of ether oxygens (including phenoxy) is 1. The van der Waals surface area contributed by atoms with Gasteiger partial charge in [0.05, 0.1) is 12.5 Å². The Balaban J connectivity index is 1.68. The Bertz CT molecular complexity index is 545. The molecule has 3 heterocycles. The van der Waals surface area contributed by atoms with Crippen molar-refractivity contribution in [3.8, 4) is 0 Å². The molecular formula is C16H19NO2S2. The van der Waals surface area contributed by atoms with Crippen molar-refractivity contribution in [1.82, 2.24) is 5.32 Å². The summed E-state index contributed by atoms with van der Waals surface area (Å²) in [5, 5.41) is 7.34. The Morgan fingerprint density at radius 2 is 2.00 bits per heavy atom. The zero-order chi connectivity index (χ0) is 14.5. The molecule has 0 saturated carbocycles. The van der Waals surface area contributed by atoms with Crippen molar-refractivity contribution in [2.45, 2.75) is 25.3 Å². The van der Waals surface area contributed by atoms with Crippen molar-refractivity contribution in [2.75, 3.05) is 13.2 Å². The Kier molecular flexibility index (Phi) is 5.06. The quantitative estimate of drug-likeness (QED) is 0.913. The molecule has 1 N–H and O–H groups in total. The van der Waals surface area contributed by atoms with Crippen LogP contribution in [-0.4, -0.2) is 19.1 Å². The number of amides is 1. The molecule has 1 unspecified atom stereocenters. The van der Waals surface area contributed by atoms with Crippen LogP contribution in [0.5, 0.6) is 0 Å². The third-order valence-electron chi connectivity index (χ3n) is 3.82. The van der Waals surface area contributed by atoms with Gasteiger partial charge in [-0.2, -0.15) is 0 Å². The highest BCUT2D eigenvalue weighted by Gasteiger charge is 2.27. The van der Waals surface area contributed by atoms with Gasteiger partial charge in [-0.25, -0.2) is 0 Å². The normalized spacial score (nSPS) is 17.5. The van der Waals surface area contributed by atoms with Gasteiger partial charge in [-0.3, -0.25) is 4.79 Å². The Labute approximate surface area is 133 Å². The number of rotatable bonds is 5. The second-order valence-corrected chi connectivity index (χ2v) is 7.28. The minimum atomic E-state index is 0.113. The van der Waals surface area contributed by atoms with Crippen LogP contribution in [0.3, 0.4) is 0 Å². The van der Waals surface area contributed by atoms with Crippen molar-refractivity contribution in [1.29, 1.82) is 0 Å². The molecule has 1 saturated heterocycles. The first kappa shape index (κ1) is 14.8. The average Bonchev–Trinajstić information content (AvgIpc) is 3.19. The van der Waals surface area contributed by atoms with Crippen molar-refractivity contribution >= 4 is 28.6 Å². The van der Waals surface area contributed by atoms with Gasteiger partial charge in [0.2, 0.25) is 5.91 Å². The van der Waals surface area contributed by atoms with E-state index in [9.17, 15) is 4.79 Å². The Morgan fingerprint density at radius 3 is 2.67 bits per heavy atom. The fourth-order valence-corrected chi connectivity index (χ4v) is 4.31. The molecule has 1 amide bonds. The fraction of sp³-hybridized carbons (Fsp3) is 0.438. The van der Waals surface area contributed by atoms with E-state index in [2.05, 4.69) is 22.8 Å². The second kappa shape index (κ2) is 7.20. The largest absolute Gasteiger partial charge is 0.381 e. The second-order valence-electron chi connectivity index (χ2n) is 5.27. The van der Waals surface area contributed by atoms with Gasteiger partial charge >= 0.3 is 0 Å². The maximum absolute atomic E-state index is 12.3. The molecule has 0 spiro atoms. The predicted octanol–water partition coefficient (Wildman–Crippen LogP) is 3.64. The minimum Gasteiger partial charge on any atom is -0.381 e. The molecule has 3 rings (SSSR count). The summed E-state index contributed by atoms with van der Waals surface area (Å²) in [5.74, 6) is 0.590. The number of carbonyl (C=O) groups excluding carboxylic acids is 1. The average molecular weight is 321 g/mol. The lowest BCUT2D eigenvalue weighted by Gasteiger charge is -2.30. The third kappa shape index (κ3) is 3.93. The SMILES string of the molecule is O=C(Cc1cccs1)NC(c1cccs1)C1CCOCC1. The molecule has 0 aromatic carbocycles. The summed E-state index contributed by atoms with van der Waals surface area (Å²) in [6.45, 7) is 1.60. The molecule has 5 heteroatoms. The van der Waals surface area contributed by atoms with Crippen molar-refractivity contribution in [3.63, 3.8) is 0 Å². The third-order valence-corrected chi connectivity index (χ3v) is 5.65. The van der Waals surface area contributed by atoms with Crippen molar-refractivity contribution in [3.05, 3.63) is 44.8 Å². The van der Waals surface area contributed by atoms with Crippen LogP contribution in [0, 0.1) is 5.92 Å². The van der Waals surface area contributed by atoms with Crippen molar-refractivity contribution in [2.24, 2.45) is 5.92 Å². The summed E-state index contributed by atoms with van der Waals surface area (Å²) in [4.78, 5) is 14.7. The lowest BCUT2D eigenvalue weighted by Crippen LogP contribution is -2.36. The summed E-state index contributed by atoms with van der Waals surface area (Å²) in [5.41, 5.74) is 0. The summed E-state index contributed by atoms with van der Waals surface area (Å²) in [6, 6.07) is 8.30. The van der Waals surface area contributed by atoms with E-state index in [1.807, 2.05) is 17.5 Å². The minimum absolute atomic E-state index is 0.113. The molecular weight excluding hydrogens is 302 g/mol. The molecule has 2 aromatic heterocycles. The van der Waals surface area contributed by atoms with E-state index in [4.69, 9.17) is 4.74 Å². The summed E-state index contributed by atoms with van der Waals surface area (Å²) < 4.78 is 5.45. The highest BCUT2D eigenvalue weighted by atomic mass is 32.1. The highest BCUT2D eigenvalue weighted by Crippen LogP contribution is 2.32. The summed E-state index contributed by atoms with van der Waals surface area (Å²) >= 11 is 3.35. The van der Waals surface area contributed by atoms with Crippen LogP contribution in [0.2, 0.25) is 0 Å². The molecule has 0 radical (unpaired) electrons. The first-order valence-corrected chi connectivity index (χ1v) is 9.02. The van der Waals surface area contributed by atoms with E-state index in [0.29, 0.717) is 12.3 Å². The monoisotopic (exact) mass is 321 g/mol. The smallest absolute Gasteiger partial charge is 0.225 e. The van der Waals surface area contributed by atoms with Gasteiger partial charge in [0.15, 0.2) is 0 Å². The Morgan fingerprint density at radius 1 is 1.24 bits per heavy atom. The van der Waals surface area contributed by atoms with Gasteiger partial charge in [0.25, 0.3) is 0 Å². The molecule has 21 heavy (non-hydrogen) atoms. The fourth-order valence-electron chi connectivity index (χ4n) is 2.73. The van der Waals surface area contributed by atoms with E-state index >= 15 is 0 Å². The molecule has 1 fully saturated rings. The van der Waals surface area contributed by atoms with Crippen LogP contribution in [0.1, 0.15) is 28.6 Å². The zero-order valence-corrected chi connectivity index (χ0v) is 13.4. The van der Waals surface area contributed by atoms with Gasteiger partial charge in [-0.1, -0.05) is 12.1 Å². The number of thiophene rings is 2. The number of nitrogens with one attached hydrogen (secondary N) is 1. The molecule has 0 aliphatic carbocycles. The number of carbonyl (C=O) groups is 1. The zero-order valence-electron chi connectivity index (χ0n) is 11.8. The summed E-state index contributed by atoms with van der Waals surface area (Å²) in [6.07, 6.45) is 2.51. The molecule has 3 nitrogen and oxygen atoms in total. The van der Waals surface area contributed by atoms with Crippen LogP contribution in [0.4, 0.5) is 0 Å². The van der Waals surface area contributed by atoms with Gasteiger partial charge < -0.3 is 10.1 Å². The first-order chi connectivity index (χ1) is 10.3. The van der Waals surface area contributed by atoms with Gasteiger partial charge in [0.1, 0.15) is 0 Å². The predicted molar refractivity (Wildman–Crippen MR) is 86.8 cm³/mol. The first-order valence-electron chi connectivity index (χ1n) is 7.26. The maximum Gasteiger partial charge on any atom is 0.225 e. The van der Waals surface area contributed by atoms with Crippen LogP contribution in [0.15, 0.2) is 35.0 Å². The van der Waals surface area contributed by atoms with E-state index < -0.39 is 0 Å². The van der Waals surface area contributed by atoms with Gasteiger partial charge in [-0.15, -0.1) is 22.7 Å². The van der Waals surface area contributed by atoms with Crippen LogP contribution < -0.4 is 5.32 Å². The lowest BCUT2D eigenvalue weighted by atomic mass is 9.90. The topological polar surface area (TPSA) is 38.3 Å². The molecule has 2 aromatic rings. The molecule has 1 aliphatic heterocycles. The summed E-state index contributed by atoms with van der Waals surface area (Å²) in [7, 11) is 0. The molecule has 1 aliphatic rings. The maximum atomic E-state index is 12.3. The van der Waals surface area contributed by atoms with Crippen LogP contribution in [-0.2, 0) is 16.0 Å². The standard InChI is InChI=1S/C16H19NO2S2/c18-15(11-13-3-1-9-20-13)17-16(14-4-2-10-21-14)12-5-7-19-8-6-12/h1-4,9-10,12,16H,5-8,11H2,(H,17,18). The van der Waals surface area contributed by atoms with E-state index in [1.165, 1.54) is 4.88 Å². The highest BCUT2D eigenvalue weighted by molar-refractivity contribution is 7.10. The number of hydrogen-bond acceptors (Lipinski definition) is 4. The molecule has 1 atom stereocenters. The van der Waals surface area contributed by atoms with Crippen molar-refractivity contribution < 1.29 is 9.53 Å². The Hall–Kier alpha value is -1.17. The van der Waals surface area contributed by atoms with Crippen LogP contribution >= 0.6 is 22.7 Å². The van der Waals surface area contributed by atoms with E-state index in [0.717, 1.165) is 30.9 Å². The van der Waals surface area contributed by atoms with Gasteiger partial charge in [0, 0.05) is 23.0 Å². The van der Waals surface area contributed by atoms with E-state index in [-0.39, 0.29) is 11.9 Å². The lowest BCUT2D eigenvalue weighted by molar-refractivity contribution is -0.121. The van der Waals surface area contributed by atoms with Crippen LogP contribution in [0.25, 0.3) is 0 Å². The number of hydrogen-bond donors (Lipinski definition) is 1. The molecule has 0 bridgehead atoms. The van der Waals surface area contributed by atoms with Gasteiger partial charge in [-0.05, 0) is 41.7 Å². The van der Waals surface area contributed by atoms with E-state index in [1.54, 1.807) is 22.7 Å².